The SMILES string of the molecule is Cn1nc(N2CCCC2Cn2nc(C(C)(C)C)ccc2=O)ccc1=O. The topological polar surface area (TPSA) is 73.0 Å². The van der Waals surface area contributed by atoms with E-state index in [1.165, 1.54) is 10.7 Å². The molecule has 0 amide bonds. The highest BCUT2D eigenvalue weighted by molar-refractivity contribution is 5.39. The van der Waals surface area contributed by atoms with Gasteiger partial charge in [0.05, 0.1) is 18.3 Å². The first kappa shape index (κ1) is 17.4. The molecule has 0 saturated carbocycles. The molecule has 1 aliphatic rings. The highest BCUT2D eigenvalue weighted by atomic mass is 16.1. The van der Waals surface area contributed by atoms with E-state index in [1.807, 2.05) is 0 Å². The highest BCUT2D eigenvalue weighted by Gasteiger charge is 2.27. The molecule has 7 nitrogen and oxygen atoms in total. The average Bonchev–Trinajstić information content (AvgIpc) is 2.99. The number of hydrogen-bond donors (Lipinski definition) is 0. The molecule has 0 aliphatic carbocycles. The summed E-state index contributed by atoms with van der Waals surface area (Å²) in [6.45, 7) is 7.64. The van der Waals surface area contributed by atoms with Crippen molar-refractivity contribution < 1.29 is 0 Å². The minimum absolute atomic E-state index is 0.0896. The largest absolute Gasteiger partial charge is 0.350 e. The summed E-state index contributed by atoms with van der Waals surface area (Å²) in [7, 11) is 1.65. The smallest absolute Gasteiger partial charge is 0.266 e. The molecule has 1 unspecified atom stereocenters. The molecule has 1 saturated heterocycles. The van der Waals surface area contributed by atoms with Crippen LogP contribution in [0.2, 0.25) is 0 Å². The average molecular weight is 343 g/mol. The summed E-state index contributed by atoms with van der Waals surface area (Å²) in [6.07, 6.45) is 2.00. The van der Waals surface area contributed by atoms with E-state index in [9.17, 15) is 9.59 Å². The molecular formula is C18H25N5O2. The number of nitrogens with zero attached hydrogens (tertiary/aromatic N) is 5. The second kappa shape index (κ2) is 6.46. The van der Waals surface area contributed by atoms with Crippen molar-refractivity contribution in [1.29, 1.82) is 0 Å². The van der Waals surface area contributed by atoms with E-state index in [2.05, 4.69) is 35.9 Å². The summed E-state index contributed by atoms with van der Waals surface area (Å²) >= 11 is 0. The Hall–Kier alpha value is -2.44. The first-order chi connectivity index (χ1) is 11.8. The molecule has 3 heterocycles. The van der Waals surface area contributed by atoms with E-state index in [0.29, 0.717) is 6.54 Å². The molecule has 7 heteroatoms. The van der Waals surface area contributed by atoms with Gasteiger partial charge in [0, 0.05) is 31.1 Å². The summed E-state index contributed by atoms with van der Waals surface area (Å²) in [6, 6.07) is 6.83. The van der Waals surface area contributed by atoms with Crippen LogP contribution in [0.25, 0.3) is 0 Å². The van der Waals surface area contributed by atoms with E-state index in [-0.39, 0.29) is 22.6 Å². The van der Waals surface area contributed by atoms with Crippen LogP contribution in [-0.2, 0) is 19.0 Å². The van der Waals surface area contributed by atoms with Crippen molar-refractivity contribution in [3.63, 3.8) is 0 Å². The molecule has 0 bridgehead atoms. The third-order valence-corrected chi connectivity index (χ3v) is 4.64. The normalized spacial score (nSPS) is 17.9. The lowest BCUT2D eigenvalue weighted by Crippen LogP contribution is -2.39. The summed E-state index contributed by atoms with van der Waals surface area (Å²) in [4.78, 5) is 26.0. The van der Waals surface area contributed by atoms with Crippen molar-refractivity contribution in [2.24, 2.45) is 7.05 Å². The molecule has 2 aromatic rings. The van der Waals surface area contributed by atoms with Crippen molar-refractivity contribution in [3.05, 3.63) is 50.7 Å². The Balaban J connectivity index is 1.88. The van der Waals surface area contributed by atoms with Crippen molar-refractivity contribution in [3.8, 4) is 0 Å². The minimum atomic E-state index is -0.129. The summed E-state index contributed by atoms with van der Waals surface area (Å²) in [5, 5.41) is 8.92. The third kappa shape index (κ3) is 3.65. The number of aromatic nitrogens is 4. The first-order valence-electron chi connectivity index (χ1n) is 8.65. The molecule has 1 fully saturated rings. The second-order valence-corrected chi connectivity index (χ2v) is 7.63. The van der Waals surface area contributed by atoms with Crippen LogP contribution >= 0.6 is 0 Å². The maximum atomic E-state index is 12.2. The van der Waals surface area contributed by atoms with Gasteiger partial charge in [0.1, 0.15) is 5.82 Å². The van der Waals surface area contributed by atoms with Crippen molar-refractivity contribution in [1.82, 2.24) is 19.6 Å². The van der Waals surface area contributed by atoms with Gasteiger partial charge >= 0.3 is 0 Å². The number of aryl methyl sites for hydroxylation is 1. The summed E-state index contributed by atoms with van der Waals surface area (Å²) in [5.41, 5.74) is 0.574. The predicted octanol–water partition coefficient (Wildman–Crippen LogP) is 1.30. The zero-order valence-electron chi connectivity index (χ0n) is 15.3. The van der Waals surface area contributed by atoms with Crippen LogP contribution in [0.4, 0.5) is 5.82 Å². The molecule has 0 N–H and O–H groups in total. The quantitative estimate of drug-likeness (QED) is 0.840. The predicted molar refractivity (Wildman–Crippen MR) is 97.0 cm³/mol. The van der Waals surface area contributed by atoms with Crippen LogP contribution in [0.15, 0.2) is 33.9 Å². The lowest BCUT2D eigenvalue weighted by Gasteiger charge is -2.26. The Bertz CT molecular complexity index is 878. The van der Waals surface area contributed by atoms with Crippen LogP contribution in [0, 0.1) is 0 Å². The molecule has 0 radical (unpaired) electrons. The number of anilines is 1. The minimum Gasteiger partial charge on any atom is -0.350 e. The fourth-order valence-corrected chi connectivity index (χ4v) is 3.15. The second-order valence-electron chi connectivity index (χ2n) is 7.63. The van der Waals surface area contributed by atoms with Crippen molar-refractivity contribution >= 4 is 5.82 Å². The molecule has 1 aliphatic heterocycles. The molecule has 25 heavy (non-hydrogen) atoms. The van der Waals surface area contributed by atoms with Gasteiger partial charge in [-0.1, -0.05) is 20.8 Å². The van der Waals surface area contributed by atoms with Crippen LogP contribution in [-0.4, -0.2) is 32.1 Å². The summed E-state index contributed by atoms with van der Waals surface area (Å²) < 4.78 is 2.90. The van der Waals surface area contributed by atoms with Gasteiger partial charge in [0.15, 0.2) is 0 Å². The molecule has 1 atom stereocenters. The van der Waals surface area contributed by atoms with Crippen LogP contribution in [0.5, 0.6) is 0 Å². The van der Waals surface area contributed by atoms with Gasteiger partial charge in [0.2, 0.25) is 0 Å². The van der Waals surface area contributed by atoms with E-state index in [1.54, 1.807) is 29.9 Å². The van der Waals surface area contributed by atoms with E-state index < -0.39 is 0 Å². The van der Waals surface area contributed by atoms with Gasteiger partial charge in [-0.15, -0.1) is 0 Å². The van der Waals surface area contributed by atoms with Gasteiger partial charge in [-0.2, -0.15) is 10.2 Å². The van der Waals surface area contributed by atoms with E-state index in [0.717, 1.165) is 30.9 Å². The van der Waals surface area contributed by atoms with Crippen molar-refractivity contribution in [2.45, 2.75) is 51.6 Å². The van der Waals surface area contributed by atoms with Crippen molar-refractivity contribution in [2.75, 3.05) is 11.4 Å². The standard InChI is InChI=1S/C18H25N5O2/c1-18(2,3)14-7-9-17(25)23(19-14)12-13-6-5-11-22(13)15-8-10-16(24)21(4)20-15/h7-10,13H,5-6,11-12H2,1-4H3. The fraction of sp³-hybridized carbons (Fsp3) is 0.556. The Kier molecular flexibility index (Phi) is 4.49. The Morgan fingerprint density at radius 2 is 1.80 bits per heavy atom. The Labute approximate surface area is 146 Å². The fourth-order valence-electron chi connectivity index (χ4n) is 3.15. The van der Waals surface area contributed by atoms with Gasteiger partial charge in [0.25, 0.3) is 11.1 Å². The summed E-state index contributed by atoms with van der Waals surface area (Å²) in [5.74, 6) is 0.768. The monoisotopic (exact) mass is 343 g/mol. The highest BCUT2D eigenvalue weighted by Crippen LogP contribution is 2.24. The van der Waals surface area contributed by atoms with Crippen LogP contribution in [0.1, 0.15) is 39.3 Å². The van der Waals surface area contributed by atoms with Gasteiger partial charge < -0.3 is 4.90 Å². The molecule has 134 valence electrons. The maximum Gasteiger partial charge on any atom is 0.266 e. The first-order valence-corrected chi connectivity index (χ1v) is 8.65. The Morgan fingerprint density at radius 1 is 1.08 bits per heavy atom. The lowest BCUT2D eigenvalue weighted by atomic mass is 9.92. The van der Waals surface area contributed by atoms with Gasteiger partial charge in [-0.05, 0) is 25.0 Å². The maximum absolute atomic E-state index is 12.2. The van der Waals surface area contributed by atoms with Crippen LogP contribution in [0.3, 0.4) is 0 Å². The van der Waals surface area contributed by atoms with Gasteiger partial charge in [-0.25, -0.2) is 9.36 Å². The molecule has 3 rings (SSSR count). The Morgan fingerprint density at radius 3 is 2.48 bits per heavy atom. The lowest BCUT2D eigenvalue weighted by molar-refractivity contribution is 0.455. The molecule has 0 spiro atoms. The molecule has 2 aromatic heterocycles. The number of rotatable bonds is 3. The van der Waals surface area contributed by atoms with E-state index >= 15 is 0 Å². The van der Waals surface area contributed by atoms with E-state index in [4.69, 9.17) is 0 Å². The zero-order valence-corrected chi connectivity index (χ0v) is 15.3. The van der Waals surface area contributed by atoms with Crippen LogP contribution < -0.4 is 16.0 Å². The zero-order chi connectivity index (χ0) is 18.2. The molecular weight excluding hydrogens is 318 g/mol. The number of hydrogen-bond acceptors (Lipinski definition) is 5. The molecule has 0 aromatic carbocycles. The third-order valence-electron chi connectivity index (χ3n) is 4.64. The van der Waals surface area contributed by atoms with Gasteiger partial charge in [-0.3, -0.25) is 9.59 Å².